The molecule has 0 aromatic carbocycles. The maximum absolute atomic E-state index is 12.7. The lowest BCUT2D eigenvalue weighted by atomic mass is 9.83. The number of carbonyl (C=O) groups is 2. The largest absolute Gasteiger partial charge is 0.341 e. The molecule has 0 radical (unpaired) electrons. The van der Waals surface area contributed by atoms with Crippen molar-refractivity contribution in [3.8, 4) is 0 Å². The number of rotatable bonds is 5. The van der Waals surface area contributed by atoms with Crippen molar-refractivity contribution in [1.29, 1.82) is 0 Å². The van der Waals surface area contributed by atoms with Crippen molar-refractivity contribution in [2.24, 2.45) is 0 Å². The van der Waals surface area contributed by atoms with Crippen molar-refractivity contribution in [3.63, 3.8) is 0 Å². The maximum atomic E-state index is 12.7. The SMILES string of the molecule is CC(C)(C)S(=O)(=O)CC1(NC(=O)NCC(=O)N2CCCC2)CCCCC1. The van der Waals surface area contributed by atoms with Crippen LogP contribution in [0, 0.1) is 0 Å². The summed E-state index contributed by atoms with van der Waals surface area (Å²) in [5.74, 6) is -0.144. The van der Waals surface area contributed by atoms with Crippen LogP contribution in [0.1, 0.15) is 65.7 Å². The van der Waals surface area contributed by atoms with E-state index in [1.807, 2.05) is 0 Å². The third-order valence-corrected chi connectivity index (χ3v) is 8.25. The second-order valence-corrected chi connectivity index (χ2v) is 11.4. The highest BCUT2D eigenvalue weighted by atomic mass is 32.2. The summed E-state index contributed by atoms with van der Waals surface area (Å²) in [6, 6.07) is -0.455. The van der Waals surface area contributed by atoms with Crippen LogP contribution in [0.2, 0.25) is 0 Å². The Morgan fingerprint density at radius 3 is 2.12 bits per heavy atom. The molecule has 0 atom stereocenters. The summed E-state index contributed by atoms with van der Waals surface area (Å²) in [5, 5.41) is 5.53. The highest BCUT2D eigenvalue weighted by Gasteiger charge is 2.42. The number of urea groups is 1. The molecule has 0 spiro atoms. The van der Waals surface area contributed by atoms with Crippen LogP contribution < -0.4 is 10.6 Å². The van der Waals surface area contributed by atoms with Gasteiger partial charge in [0.1, 0.15) is 0 Å². The van der Waals surface area contributed by atoms with Crippen LogP contribution in [-0.4, -0.2) is 60.9 Å². The van der Waals surface area contributed by atoms with E-state index in [1.165, 1.54) is 0 Å². The van der Waals surface area contributed by atoms with Gasteiger partial charge in [-0.3, -0.25) is 4.79 Å². The van der Waals surface area contributed by atoms with Crippen molar-refractivity contribution >= 4 is 21.8 Å². The number of amides is 3. The standard InChI is InChI=1S/C18H33N3O4S/c1-17(2,3)26(24,25)14-18(9-5-4-6-10-18)20-16(23)19-13-15(22)21-11-7-8-12-21/h4-14H2,1-3H3,(H2,19,20,23). The van der Waals surface area contributed by atoms with Gasteiger partial charge >= 0.3 is 6.03 Å². The van der Waals surface area contributed by atoms with Gasteiger partial charge in [0.15, 0.2) is 9.84 Å². The zero-order chi connectivity index (χ0) is 19.4. The quantitative estimate of drug-likeness (QED) is 0.752. The summed E-state index contributed by atoms with van der Waals surface area (Å²) in [6.45, 7) is 6.51. The zero-order valence-electron chi connectivity index (χ0n) is 16.3. The summed E-state index contributed by atoms with van der Waals surface area (Å²) in [7, 11) is -3.36. The van der Waals surface area contributed by atoms with Gasteiger partial charge in [0.2, 0.25) is 5.91 Å². The van der Waals surface area contributed by atoms with Crippen LogP contribution in [0.5, 0.6) is 0 Å². The molecule has 1 heterocycles. The van der Waals surface area contributed by atoms with Gasteiger partial charge in [-0.05, 0) is 46.5 Å². The summed E-state index contributed by atoms with van der Waals surface area (Å²) in [6.07, 6.45) is 6.15. The van der Waals surface area contributed by atoms with Gasteiger partial charge < -0.3 is 15.5 Å². The number of nitrogens with zero attached hydrogens (tertiary/aromatic N) is 1. The fraction of sp³-hybridized carbons (Fsp3) is 0.889. The molecule has 8 heteroatoms. The lowest BCUT2D eigenvalue weighted by Gasteiger charge is -2.39. The minimum Gasteiger partial charge on any atom is -0.341 e. The summed E-state index contributed by atoms with van der Waals surface area (Å²) in [4.78, 5) is 26.2. The smallest absolute Gasteiger partial charge is 0.315 e. The average molecular weight is 388 g/mol. The van der Waals surface area contributed by atoms with Gasteiger partial charge in [0.25, 0.3) is 0 Å². The van der Waals surface area contributed by atoms with Crippen molar-refractivity contribution in [1.82, 2.24) is 15.5 Å². The van der Waals surface area contributed by atoms with Gasteiger partial charge in [-0.25, -0.2) is 13.2 Å². The van der Waals surface area contributed by atoms with Crippen molar-refractivity contribution in [3.05, 3.63) is 0 Å². The van der Waals surface area contributed by atoms with E-state index in [2.05, 4.69) is 10.6 Å². The first-order valence-electron chi connectivity index (χ1n) is 9.61. The first-order chi connectivity index (χ1) is 12.0. The molecule has 2 N–H and O–H groups in total. The molecule has 3 amide bonds. The average Bonchev–Trinajstić information content (AvgIpc) is 3.06. The minimum absolute atomic E-state index is 0.0477. The number of nitrogens with one attached hydrogen (secondary N) is 2. The second kappa shape index (κ2) is 8.15. The van der Waals surface area contributed by atoms with E-state index >= 15 is 0 Å². The molecule has 0 unspecified atom stereocenters. The van der Waals surface area contributed by atoms with Crippen molar-refractivity contribution in [2.75, 3.05) is 25.4 Å². The fourth-order valence-corrected chi connectivity index (χ4v) is 5.15. The molecule has 0 aromatic heterocycles. The molecule has 2 aliphatic rings. The van der Waals surface area contributed by atoms with Gasteiger partial charge in [-0.1, -0.05) is 19.3 Å². The molecule has 1 aliphatic carbocycles. The Morgan fingerprint density at radius 2 is 1.58 bits per heavy atom. The lowest BCUT2D eigenvalue weighted by Crippen LogP contribution is -2.58. The first kappa shape index (κ1) is 21.0. The topological polar surface area (TPSA) is 95.6 Å². The Bertz CT molecular complexity index is 613. The summed E-state index contributed by atoms with van der Waals surface area (Å²) >= 11 is 0. The maximum Gasteiger partial charge on any atom is 0.315 e. The molecule has 7 nitrogen and oxygen atoms in total. The molecule has 1 saturated carbocycles. The molecule has 150 valence electrons. The monoisotopic (exact) mass is 387 g/mol. The van der Waals surface area contributed by atoms with Gasteiger partial charge in [-0.2, -0.15) is 0 Å². The van der Waals surface area contributed by atoms with E-state index < -0.39 is 26.2 Å². The number of likely N-dealkylation sites (tertiary alicyclic amines) is 1. The van der Waals surface area contributed by atoms with Crippen LogP contribution >= 0.6 is 0 Å². The highest BCUT2D eigenvalue weighted by Crippen LogP contribution is 2.32. The van der Waals surface area contributed by atoms with E-state index in [4.69, 9.17) is 0 Å². The fourth-order valence-electron chi connectivity index (χ4n) is 3.63. The molecule has 26 heavy (non-hydrogen) atoms. The van der Waals surface area contributed by atoms with Crippen LogP contribution in [-0.2, 0) is 14.6 Å². The van der Waals surface area contributed by atoms with Gasteiger partial charge in [0.05, 0.1) is 22.6 Å². The molecule has 1 saturated heterocycles. The Balaban J connectivity index is 1.98. The first-order valence-corrected chi connectivity index (χ1v) is 11.3. The number of carbonyl (C=O) groups excluding carboxylic acids is 2. The van der Waals surface area contributed by atoms with E-state index in [-0.39, 0.29) is 18.2 Å². The van der Waals surface area contributed by atoms with Crippen molar-refractivity contribution < 1.29 is 18.0 Å². The third kappa shape index (κ3) is 5.34. The molecular formula is C18H33N3O4S. The lowest BCUT2D eigenvalue weighted by molar-refractivity contribution is -0.129. The van der Waals surface area contributed by atoms with Crippen LogP contribution in [0.4, 0.5) is 4.79 Å². The number of hydrogen-bond acceptors (Lipinski definition) is 4. The summed E-state index contributed by atoms with van der Waals surface area (Å²) < 4.78 is 24.6. The van der Waals surface area contributed by atoms with E-state index in [9.17, 15) is 18.0 Å². The predicted molar refractivity (Wildman–Crippen MR) is 102 cm³/mol. The van der Waals surface area contributed by atoms with Crippen LogP contribution in [0.15, 0.2) is 0 Å². The number of hydrogen-bond donors (Lipinski definition) is 2. The van der Waals surface area contributed by atoms with Gasteiger partial charge in [-0.15, -0.1) is 0 Å². The Morgan fingerprint density at radius 1 is 1.00 bits per heavy atom. The van der Waals surface area contributed by atoms with Crippen molar-refractivity contribution in [2.45, 2.75) is 76.0 Å². The Kier molecular flexibility index (Phi) is 6.58. The molecular weight excluding hydrogens is 354 g/mol. The van der Waals surface area contributed by atoms with E-state index in [0.717, 1.165) is 45.2 Å². The number of sulfone groups is 1. The highest BCUT2D eigenvalue weighted by molar-refractivity contribution is 7.92. The van der Waals surface area contributed by atoms with Crippen LogP contribution in [0.25, 0.3) is 0 Å². The predicted octanol–water partition coefficient (Wildman–Crippen LogP) is 1.82. The molecule has 1 aliphatic heterocycles. The van der Waals surface area contributed by atoms with E-state index in [0.29, 0.717) is 12.8 Å². The van der Waals surface area contributed by atoms with Gasteiger partial charge in [0, 0.05) is 13.1 Å². The zero-order valence-corrected chi connectivity index (χ0v) is 17.1. The third-order valence-electron chi connectivity index (χ3n) is 5.45. The molecule has 2 rings (SSSR count). The normalized spacial score (nSPS) is 20.7. The van der Waals surface area contributed by atoms with E-state index in [1.54, 1.807) is 25.7 Å². The molecule has 2 fully saturated rings. The second-order valence-electron chi connectivity index (χ2n) is 8.61. The van der Waals surface area contributed by atoms with Crippen LogP contribution in [0.3, 0.4) is 0 Å². The molecule has 0 bridgehead atoms. The minimum atomic E-state index is -3.36. The Labute approximate surface area is 157 Å². The summed E-state index contributed by atoms with van der Waals surface area (Å²) in [5.41, 5.74) is -0.745. The Hall–Kier alpha value is -1.31. The molecule has 0 aromatic rings.